The van der Waals surface area contributed by atoms with E-state index < -0.39 is 0 Å². The molecule has 1 aromatic rings. The molecule has 1 rings (SSSR count). The van der Waals surface area contributed by atoms with E-state index in [1.54, 1.807) is 18.3 Å². The van der Waals surface area contributed by atoms with E-state index in [2.05, 4.69) is 32.7 Å². The van der Waals surface area contributed by atoms with Crippen molar-refractivity contribution in [2.45, 2.75) is 34.2 Å². The summed E-state index contributed by atoms with van der Waals surface area (Å²) in [6.45, 7) is 10.4. The van der Waals surface area contributed by atoms with Gasteiger partial charge in [-0.1, -0.05) is 27.7 Å². The molecule has 0 radical (unpaired) electrons. The van der Waals surface area contributed by atoms with Gasteiger partial charge in [-0.15, -0.1) is 12.4 Å². The number of hydrogen-bond donors (Lipinski definition) is 1. The fourth-order valence-electron chi connectivity index (χ4n) is 2.03. The molecule has 1 heterocycles. The summed E-state index contributed by atoms with van der Waals surface area (Å²) in [5.41, 5.74) is 7.00. The van der Waals surface area contributed by atoms with Crippen molar-refractivity contribution in [2.75, 3.05) is 13.1 Å². The maximum absolute atomic E-state index is 12.5. The fourth-order valence-corrected chi connectivity index (χ4v) is 2.03. The van der Waals surface area contributed by atoms with Crippen LogP contribution in [0.5, 0.6) is 0 Å². The normalized spacial score (nSPS) is 10.6. The molecule has 20 heavy (non-hydrogen) atoms. The van der Waals surface area contributed by atoms with Crippen LogP contribution in [0.4, 0.5) is 0 Å². The van der Waals surface area contributed by atoms with Crippen molar-refractivity contribution in [3.8, 4) is 0 Å². The second-order valence-corrected chi connectivity index (χ2v) is 5.74. The van der Waals surface area contributed by atoms with Crippen LogP contribution in [-0.2, 0) is 6.54 Å². The fraction of sp³-hybridized carbons (Fsp3) is 0.600. The highest BCUT2D eigenvalue weighted by molar-refractivity contribution is 5.94. The van der Waals surface area contributed by atoms with E-state index in [9.17, 15) is 4.79 Å². The molecule has 4 nitrogen and oxygen atoms in total. The lowest BCUT2D eigenvalue weighted by Crippen LogP contribution is -2.37. The van der Waals surface area contributed by atoms with Gasteiger partial charge in [0.1, 0.15) is 0 Å². The highest BCUT2D eigenvalue weighted by atomic mass is 35.5. The topological polar surface area (TPSA) is 59.2 Å². The number of pyridine rings is 1. The van der Waals surface area contributed by atoms with Crippen LogP contribution in [0, 0.1) is 11.8 Å². The molecule has 2 N–H and O–H groups in total. The first kappa shape index (κ1) is 18.9. The van der Waals surface area contributed by atoms with E-state index >= 15 is 0 Å². The molecule has 0 fully saturated rings. The Balaban J connectivity index is 0.00000361. The number of hydrogen-bond acceptors (Lipinski definition) is 3. The lowest BCUT2D eigenvalue weighted by atomic mass is 10.1. The van der Waals surface area contributed by atoms with Gasteiger partial charge < -0.3 is 10.6 Å². The minimum atomic E-state index is 0. The number of nitrogens with zero attached hydrogens (tertiary/aromatic N) is 2. The SMILES string of the molecule is CC(C)CN(CC(C)C)C(=O)c1ccnc(CN)c1.Cl. The van der Waals surface area contributed by atoms with E-state index in [-0.39, 0.29) is 18.3 Å². The average Bonchev–Trinajstić information content (AvgIpc) is 2.36. The summed E-state index contributed by atoms with van der Waals surface area (Å²) in [7, 11) is 0. The van der Waals surface area contributed by atoms with Gasteiger partial charge in [-0.25, -0.2) is 0 Å². The summed E-state index contributed by atoms with van der Waals surface area (Å²) < 4.78 is 0. The third kappa shape index (κ3) is 5.88. The van der Waals surface area contributed by atoms with Crippen molar-refractivity contribution in [1.29, 1.82) is 0 Å². The molecule has 0 aliphatic heterocycles. The number of carbonyl (C=O) groups excluding carboxylic acids is 1. The van der Waals surface area contributed by atoms with Crippen LogP contribution in [0.25, 0.3) is 0 Å². The second-order valence-electron chi connectivity index (χ2n) is 5.74. The Bertz CT molecular complexity index is 411. The molecule has 1 aromatic heterocycles. The Hall–Kier alpha value is -1.13. The minimum Gasteiger partial charge on any atom is -0.338 e. The van der Waals surface area contributed by atoms with Gasteiger partial charge in [-0.3, -0.25) is 9.78 Å². The summed E-state index contributed by atoms with van der Waals surface area (Å²) in [4.78, 5) is 18.6. The van der Waals surface area contributed by atoms with E-state index in [1.807, 2.05) is 4.90 Å². The molecular formula is C15H26ClN3O. The summed E-state index contributed by atoms with van der Waals surface area (Å²) in [5.74, 6) is 0.983. The zero-order valence-corrected chi connectivity index (χ0v) is 13.6. The Morgan fingerprint density at radius 1 is 1.25 bits per heavy atom. The summed E-state index contributed by atoms with van der Waals surface area (Å²) >= 11 is 0. The second kappa shape index (κ2) is 8.93. The largest absolute Gasteiger partial charge is 0.338 e. The van der Waals surface area contributed by atoms with E-state index in [0.717, 1.165) is 18.8 Å². The maximum atomic E-state index is 12.5. The molecule has 0 unspecified atom stereocenters. The molecule has 0 atom stereocenters. The number of nitrogens with two attached hydrogens (primary N) is 1. The zero-order valence-electron chi connectivity index (χ0n) is 12.8. The van der Waals surface area contributed by atoms with Crippen LogP contribution in [0.1, 0.15) is 43.7 Å². The highest BCUT2D eigenvalue weighted by Crippen LogP contribution is 2.11. The van der Waals surface area contributed by atoms with Gasteiger partial charge in [0, 0.05) is 31.4 Å². The van der Waals surface area contributed by atoms with Crippen molar-refractivity contribution in [3.05, 3.63) is 29.6 Å². The number of amides is 1. The standard InChI is InChI=1S/C15H25N3O.ClH/c1-11(2)9-18(10-12(3)4)15(19)13-5-6-17-14(7-13)8-16;/h5-7,11-12H,8-10,16H2,1-4H3;1H. The molecule has 1 amide bonds. The van der Waals surface area contributed by atoms with Gasteiger partial charge in [0.05, 0.1) is 5.69 Å². The Morgan fingerprint density at radius 3 is 2.25 bits per heavy atom. The monoisotopic (exact) mass is 299 g/mol. The predicted octanol–water partition coefficient (Wildman–Crippen LogP) is 2.72. The van der Waals surface area contributed by atoms with Gasteiger partial charge >= 0.3 is 0 Å². The Labute approximate surface area is 128 Å². The lowest BCUT2D eigenvalue weighted by molar-refractivity contribution is 0.0715. The minimum absolute atomic E-state index is 0. The first-order chi connectivity index (χ1) is 8.93. The molecule has 0 bridgehead atoms. The van der Waals surface area contributed by atoms with Gasteiger partial charge in [-0.2, -0.15) is 0 Å². The van der Waals surface area contributed by atoms with Gasteiger partial charge in [-0.05, 0) is 24.0 Å². The van der Waals surface area contributed by atoms with E-state index in [4.69, 9.17) is 5.73 Å². The van der Waals surface area contributed by atoms with Crippen LogP contribution >= 0.6 is 12.4 Å². The van der Waals surface area contributed by atoms with E-state index in [1.165, 1.54) is 0 Å². The van der Waals surface area contributed by atoms with Gasteiger partial charge in [0.25, 0.3) is 5.91 Å². The van der Waals surface area contributed by atoms with Crippen LogP contribution in [0.15, 0.2) is 18.3 Å². The first-order valence-electron chi connectivity index (χ1n) is 6.88. The van der Waals surface area contributed by atoms with Crippen molar-refractivity contribution in [2.24, 2.45) is 17.6 Å². The Kier molecular flexibility index (Phi) is 8.42. The number of rotatable bonds is 6. The Morgan fingerprint density at radius 2 is 1.80 bits per heavy atom. The average molecular weight is 300 g/mol. The van der Waals surface area contributed by atoms with Crippen LogP contribution in [0.3, 0.4) is 0 Å². The van der Waals surface area contributed by atoms with Crippen LogP contribution in [0.2, 0.25) is 0 Å². The lowest BCUT2D eigenvalue weighted by Gasteiger charge is -2.26. The zero-order chi connectivity index (χ0) is 14.4. The molecule has 0 aliphatic carbocycles. The summed E-state index contributed by atoms with van der Waals surface area (Å²) in [5, 5.41) is 0. The number of halogens is 1. The van der Waals surface area contributed by atoms with Crippen LogP contribution < -0.4 is 5.73 Å². The molecule has 114 valence electrons. The summed E-state index contributed by atoms with van der Waals surface area (Å²) in [6.07, 6.45) is 1.65. The number of aromatic nitrogens is 1. The molecule has 0 saturated carbocycles. The predicted molar refractivity (Wildman–Crippen MR) is 85.0 cm³/mol. The third-order valence-corrected chi connectivity index (χ3v) is 2.73. The van der Waals surface area contributed by atoms with Crippen molar-refractivity contribution >= 4 is 18.3 Å². The first-order valence-corrected chi connectivity index (χ1v) is 6.88. The molecule has 0 aromatic carbocycles. The summed E-state index contributed by atoms with van der Waals surface area (Å²) in [6, 6.07) is 3.55. The highest BCUT2D eigenvalue weighted by Gasteiger charge is 2.18. The van der Waals surface area contributed by atoms with E-state index in [0.29, 0.717) is 23.9 Å². The van der Waals surface area contributed by atoms with Gasteiger partial charge in [0.15, 0.2) is 0 Å². The maximum Gasteiger partial charge on any atom is 0.253 e. The molecule has 0 saturated heterocycles. The van der Waals surface area contributed by atoms with Crippen molar-refractivity contribution in [3.63, 3.8) is 0 Å². The van der Waals surface area contributed by atoms with Crippen LogP contribution in [-0.4, -0.2) is 28.9 Å². The molecular weight excluding hydrogens is 274 g/mol. The number of carbonyl (C=O) groups is 1. The van der Waals surface area contributed by atoms with Gasteiger partial charge in [0.2, 0.25) is 0 Å². The molecule has 0 spiro atoms. The van der Waals surface area contributed by atoms with Crippen molar-refractivity contribution < 1.29 is 4.79 Å². The third-order valence-electron chi connectivity index (χ3n) is 2.73. The molecule has 5 heteroatoms. The smallest absolute Gasteiger partial charge is 0.253 e. The van der Waals surface area contributed by atoms with Crippen molar-refractivity contribution in [1.82, 2.24) is 9.88 Å². The quantitative estimate of drug-likeness (QED) is 0.878. The molecule has 0 aliphatic rings.